The van der Waals surface area contributed by atoms with E-state index >= 15 is 0 Å². The number of nitrogens with zero attached hydrogens (tertiary/aromatic N) is 2. The van der Waals surface area contributed by atoms with Crippen molar-refractivity contribution < 1.29 is 23.5 Å². The minimum atomic E-state index is -1.35. The molecule has 7 nitrogen and oxygen atoms in total. The molecule has 2 fully saturated rings. The Labute approximate surface area is 192 Å². The van der Waals surface area contributed by atoms with Crippen LogP contribution in [0.25, 0.3) is 0 Å². The average Bonchev–Trinajstić information content (AvgIpc) is 2.98. The molecule has 2 aliphatic heterocycles. The van der Waals surface area contributed by atoms with Crippen molar-refractivity contribution in [2.45, 2.75) is 44.2 Å². The second-order valence-corrected chi connectivity index (χ2v) is 8.68. The number of hydrogen-bond donors (Lipinski definition) is 1. The molecule has 1 N–H and O–H groups in total. The van der Waals surface area contributed by atoms with Crippen LogP contribution in [-0.4, -0.2) is 47.8 Å². The van der Waals surface area contributed by atoms with Crippen LogP contribution < -0.4 is 10.1 Å². The zero-order valence-corrected chi connectivity index (χ0v) is 18.8. The van der Waals surface area contributed by atoms with Gasteiger partial charge in [0, 0.05) is 6.54 Å². The van der Waals surface area contributed by atoms with Gasteiger partial charge >= 0.3 is 6.03 Å². The summed E-state index contributed by atoms with van der Waals surface area (Å²) in [5, 5.41) is 2.67. The van der Waals surface area contributed by atoms with E-state index in [-0.39, 0.29) is 18.5 Å². The normalized spacial score (nSPS) is 23.3. The second kappa shape index (κ2) is 9.21. The molecular formula is C25H28FN3O4. The van der Waals surface area contributed by atoms with E-state index < -0.39 is 23.3 Å². The Morgan fingerprint density at radius 1 is 1.09 bits per heavy atom. The monoisotopic (exact) mass is 453 g/mol. The molecule has 0 saturated carbocycles. The first kappa shape index (κ1) is 22.8. The lowest BCUT2D eigenvalue weighted by atomic mass is 9.92. The molecule has 2 atom stereocenters. The molecule has 2 aromatic rings. The topological polar surface area (TPSA) is 79.0 Å². The Kier molecular flexibility index (Phi) is 6.35. The average molecular weight is 454 g/mol. The zero-order chi connectivity index (χ0) is 23.6. The van der Waals surface area contributed by atoms with E-state index in [1.165, 1.54) is 24.3 Å². The van der Waals surface area contributed by atoms with Crippen LogP contribution in [-0.2, 0) is 15.1 Å². The first-order chi connectivity index (χ1) is 15.8. The van der Waals surface area contributed by atoms with E-state index in [1.54, 1.807) is 18.9 Å². The number of hydrogen-bond acceptors (Lipinski definition) is 4. The Hall–Kier alpha value is -3.42. The number of halogens is 1. The molecule has 0 unspecified atom stereocenters. The van der Waals surface area contributed by atoms with Crippen molar-refractivity contribution in [1.29, 1.82) is 0 Å². The third-order valence-corrected chi connectivity index (χ3v) is 6.56. The smallest absolute Gasteiger partial charge is 0.325 e. The highest BCUT2D eigenvalue weighted by atomic mass is 19.1. The zero-order valence-electron chi connectivity index (χ0n) is 18.8. The second-order valence-electron chi connectivity index (χ2n) is 8.68. The van der Waals surface area contributed by atoms with Crippen LogP contribution >= 0.6 is 0 Å². The minimum Gasteiger partial charge on any atom is -0.497 e. The van der Waals surface area contributed by atoms with E-state index in [1.807, 2.05) is 24.3 Å². The molecule has 4 rings (SSSR count). The van der Waals surface area contributed by atoms with Gasteiger partial charge in [0.25, 0.3) is 5.91 Å². The van der Waals surface area contributed by atoms with Crippen molar-refractivity contribution in [2.24, 2.45) is 0 Å². The molecule has 0 aliphatic carbocycles. The maximum atomic E-state index is 13.4. The molecule has 0 radical (unpaired) electrons. The number of carbonyl (C=O) groups is 3. The van der Waals surface area contributed by atoms with Crippen molar-refractivity contribution >= 4 is 17.8 Å². The molecule has 2 heterocycles. The summed E-state index contributed by atoms with van der Waals surface area (Å²) in [5.41, 5.74) is 0.113. The first-order valence-electron chi connectivity index (χ1n) is 11.2. The number of amides is 4. The summed E-state index contributed by atoms with van der Waals surface area (Å²) in [6.45, 7) is 1.79. The third-order valence-electron chi connectivity index (χ3n) is 6.56. The van der Waals surface area contributed by atoms with Crippen LogP contribution in [0, 0.1) is 5.82 Å². The standard InChI is InChI=1S/C25H28FN3O4/c1-25(18-9-11-19(26)12-10-18)23(31)29(24(32)27-25)16-22(30)28-15-5-3-4-6-21(28)17-7-13-20(33-2)14-8-17/h7-14,21H,3-6,15-16H2,1-2H3,(H,27,32)/t21-,25+/m1/s1. The number of benzene rings is 2. The molecular weight excluding hydrogens is 425 g/mol. The highest BCUT2D eigenvalue weighted by Crippen LogP contribution is 2.33. The summed E-state index contributed by atoms with van der Waals surface area (Å²) in [6.07, 6.45) is 3.69. The highest BCUT2D eigenvalue weighted by Gasteiger charge is 2.50. The molecule has 0 spiro atoms. The third kappa shape index (κ3) is 4.42. The summed E-state index contributed by atoms with van der Waals surface area (Å²) < 4.78 is 18.6. The van der Waals surface area contributed by atoms with E-state index in [0.717, 1.165) is 41.9 Å². The Bertz CT molecular complexity index is 1040. The Morgan fingerprint density at radius 3 is 2.45 bits per heavy atom. The van der Waals surface area contributed by atoms with Crippen molar-refractivity contribution in [2.75, 3.05) is 20.2 Å². The van der Waals surface area contributed by atoms with E-state index in [0.29, 0.717) is 12.1 Å². The lowest BCUT2D eigenvalue weighted by molar-refractivity contribution is -0.140. The fourth-order valence-electron chi connectivity index (χ4n) is 4.62. The maximum Gasteiger partial charge on any atom is 0.325 e. The quantitative estimate of drug-likeness (QED) is 0.700. The molecule has 8 heteroatoms. The maximum absolute atomic E-state index is 13.4. The Morgan fingerprint density at radius 2 is 1.79 bits per heavy atom. The fraction of sp³-hybridized carbons (Fsp3) is 0.400. The number of carbonyl (C=O) groups excluding carboxylic acids is 3. The summed E-state index contributed by atoms with van der Waals surface area (Å²) in [6, 6.07) is 12.3. The largest absolute Gasteiger partial charge is 0.497 e. The Balaban J connectivity index is 1.54. The number of rotatable bonds is 5. The molecule has 4 amide bonds. The van der Waals surface area contributed by atoms with E-state index in [2.05, 4.69) is 5.32 Å². The number of nitrogens with one attached hydrogen (secondary N) is 1. The van der Waals surface area contributed by atoms with Gasteiger partial charge in [-0.2, -0.15) is 0 Å². The lowest BCUT2D eigenvalue weighted by Gasteiger charge is -2.32. The lowest BCUT2D eigenvalue weighted by Crippen LogP contribution is -2.45. The van der Waals surface area contributed by atoms with Crippen molar-refractivity contribution in [3.63, 3.8) is 0 Å². The van der Waals surface area contributed by atoms with Gasteiger partial charge in [-0.25, -0.2) is 9.18 Å². The molecule has 33 heavy (non-hydrogen) atoms. The van der Waals surface area contributed by atoms with Gasteiger partial charge in [0.15, 0.2) is 0 Å². The van der Waals surface area contributed by atoms with Crippen LogP contribution in [0.1, 0.15) is 49.8 Å². The fourth-order valence-corrected chi connectivity index (χ4v) is 4.62. The van der Waals surface area contributed by atoms with Gasteiger partial charge in [0.05, 0.1) is 13.2 Å². The van der Waals surface area contributed by atoms with Crippen LogP contribution in [0.3, 0.4) is 0 Å². The molecule has 2 aromatic carbocycles. The molecule has 2 saturated heterocycles. The van der Waals surface area contributed by atoms with Gasteiger partial charge < -0.3 is 15.0 Å². The van der Waals surface area contributed by atoms with Gasteiger partial charge in [-0.3, -0.25) is 14.5 Å². The molecule has 0 aromatic heterocycles. The first-order valence-corrected chi connectivity index (χ1v) is 11.2. The summed E-state index contributed by atoms with van der Waals surface area (Å²) in [4.78, 5) is 42.0. The van der Waals surface area contributed by atoms with E-state index in [4.69, 9.17) is 4.74 Å². The predicted octanol–water partition coefficient (Wildman–Crippen LogP) is 3.75. The van der Waals surface area contributed by atoms with Crippen molar-refractivity contribution in [3.8, 4) is 5.75 Å². The number of methoxy groups -OCH3 is 1. The van der Waals surface area contributed by atoms with Crippen LogP contribution in [0.5, 0.6) is 5.75 Å². The molecule has 174 valence electrons. The van der Waals surface area contributed by atoms with Gasteiger partial charge in [0.2, 0.25) is 5.91 Å². The highest BCUT2D eigenvalue weighted by molar-refractivity contribution is 6.09. The van der Waals surface area contributed by atoms with Crippen LogP contribution in [0.4, 0.5) is 9.18 Å². The minimum absolute atomic E-state index is 0.129. The predicted molar refractivity (Wildman–Crippen MR) is 120 cm³/mol. The van der Waals surface area contributed by atoms with Gasteiger partial charge in [-0.15, -0.1) is 0 Å². The van der Waals surface area contributed by atoms with Crippen molar-refractivity contribution in [1.82, 2.24) is 15.1 Å². The van der Waals surface area contributed by atoms with Crippen molar-refractivity contribution in [3.05, 3.63) is 65.5 Å². The summed E-state index contributed by atoms with van der Waals surface area (Å²) >= 11 is 0. The SMILES string of the molecule is COc1ccc([C@H]2CCCCCN2C(=O)CN2C(=O)N[C@@](C)(c3ccc(F)cc3)C2=O)cc1. The van der Waals surface area contributed by atoms with Gasteiger partial charge in [-0.1, -0.05) is 37.1 Å². The van der Waals surface area contributed by atoms with E-state index in [9.17, 15) is 18.8 Å². The number of ether oxygens (including phenoxy) is 1. The number of likely N-dealkylation sites (tertiary alicyclic amines) is 1. The van der Waals surface area contributed by atoms with Crippen LogP contribution in [0.2, 0.25) is 0 Å². The summed E-state index contributed by atoms with van der Waals surface area (Å²) in [5.74, 6) is -0.491. The number of imide groups is 1. The van der Waals surface area contributed by atoms with Gasteiger partial charge in [-0.05, 0) is 55.2 Å². The van der Waals surface area contributed by atoms with Gasteiger partial charge in [0.1, 0.15) is 23.7 Å². The summed E-state index contributed by atoms with van der Waals surface area (Å²) in [7, 11) is 1.61. The number of urea groups is 1. The molecule has 2 aliphatic rings. The van der Waals surface area contributed by atoms with Crippen LogP contribution in [0.15, 0.2) is 48.5 Å². The molecule has 0 bridgehead atoms.